The first-order chi connectivity index (χ1) is 9.60. The van der Waals surface area contributed by atoms with Crippen molar-refractivity contribution < 1.29 is 0 Å². The van der Waals surface area contributed by atoms with Gasteiger partial charge in [-0.1, -0.05) is 13.8 Å². The Balaban J connectivity index is 2.04. The lowest BCUT2D eigenvalue weighted by atomic mass is 9.99. The lowest BCUT2D eigenvalue weighted by Gasteiger charge is -2.31. The summed E-state index contributed by atoms with van der Waals surface area (Å²) >= 11 is 0. The molecule has 0 spiro atoms. The van der Waals surface area contributed by atoms with Crippen LogP contribution in [0.25, 0.3) is 0 Å². The number of hydrogen-bond acceptors (Lipinski definition) is 4. The van der Waals surface area contributed by atoms with Crippen molar-refractivity contribution in [1.29, 1.82) is 0 Å². The van der Waals surface area contributed by atoms with Crippen LogP contribution in [0.1, 0.15) is 33.6 Å². The van der Waals surface area contributed by atoms with Gasteiger partial charge < -0.3 is 10.2 Å². The van der Waals surface area contributed by atoms with E-state index in [1.807, 2.05) is 6.20 Å². The van der Waals surface area contributed by atoms with Crippen molar-refractivity contribution in [2.45, 2.75) is 46.2 Å². The van der Waals surface area contributed by atoms with Crippen LogP contribution in [0, 0.1) is 5.92 Å². The first kappa shape index (κ1) is 15.0. The second-order valence-corrected chi connectivity index (χ2v) is 5.86. The zero-order valence-electron chi connectivity index (χ0n) is 12.8. The van der Waals surface area contributed by atoms with Crippen LogP contribution in [-0.4, -0.2) is 35.5 Å². The summed E-state index contributed by atoms with van der Waals surface area (Å²) in [6, 6.07) is 1.98. The second kappa shape index (κ2) is 6.88. The minimum absolute atomic E-state index is 0.00845. The Hall–Kier alpha value is -1.36. The van der Waals surface area contributed by atoms with Crippen LogP contribution in [0.2, 0.25) is 0 Å². The van der Waals surface area contributed by atoms with E-state index in [1.54, 1.807) is 10.7 Å². The standard InChI is InChI=1S/C15H26N4O/c1-4-16-13(3)11-19-15(20)9-14(10-17-19)18-7-5-12(2)6-8-18/h9-10,12-13,16H,4-8,11H2,1-3H3. The Bertz CT molecular complexity index is 477. The van der Waals surface area contributed by atoms with Crippen LogP contribution < -0.4 is 15.8 Å². The van der Waals surface area contributed by atoms with E-state index in [0.717, 1.165) is 31.2 Å². The van der Waals surface area contributed by atoms with Crippen molar-refractivity contribution >= 4 is 5.69 Å². The molecule has 0 aliphatic carbocycles. The molecule has 1 N–H and O–H groups in total. The summed E-state index contributed by atoms with van der Waals surface area (Å²) in [4.78, 5) is 14.4. The Labute approximate surface area is 121 Å². The summed E-state index contributed by atoms with van der Waals surface area (Å²) in [6.07, 6.45) is 4.22. The van der Waals surface area contributed by atoms with Gasteiger partial charge in [0.05, 0.1) is 18.4 Å². The Kier molecular flexibility index (Phi) is 5.17. The third-order valence-corrected chi connectivity index (χ3v) is 4.00. The van der Waals surface area contributed by atoms with Crippen molar-refractivity contribution in [3.8, 4) is 0 Å². The monoisotopic (exact) mass is 278 g/mol. The number of nitrogens with zero attached hydrogens (tertiary/aromatic N) is 3. The average Bonchev–Trinajstić information content (AvgIpc) is 2.42. The van der Waals surface area contributed by atoms with Gasteiger partial charge in [-0.2, -0.15) is 5.10 Å². The average molecular weight is 278 g/mol. The Morgan fingerprint density at radius 1 is 1.45 bits per heavy atom. The van der Waals surface area contributed by atoms with Gasteiger partial charge in [-0.05, 0) is 32.2 Å². The topological polar surface area (TPSA) is 50.2 Å². The molecule has 1 aromatic rings. The quantitative estimate of drug-likeness (QED) is 0.886. The van der Waals surface area contributed by atoms with Gasteiger partial charge in [-0.15, -0.1) is 0 Å². The fraction of sp³-hybridized carbons (Fsp3) is 0.733. The molecule has 0 bridgehead atoms. The lowest BCUT2D eigenvalue weighted by Crippen LogP contribution is -2.37. The lowest BCUT2D eigenvalue weighted by molar-refractivity contribution is 0.433. The zero-order chi connectivity index (χ0) is 14.5. The van der Waals surface area contributed by atoms with Gasteiger partial charge in [-0.25, -0.2) is 4.68 Å². The van der Waals surface area contributed by atoms with E-state index >= 15 is 0 Å². The maximum Gasteiger partial charge on any atom is 0.268 e. The van der Waals surface area contributed by atoms with Gasteiger partial charge in [0, 0.05) is 25.2 Å². The fourth-order valence-corrected chi connectivity index (χ4v) is 2.67. The summed E-state index contributed by atoms with van der Waals surface area (Å²) in [5.74, 6) is 0.792. The third kappa shape index (κ3) is 3.82. The predicted octanol–water partition coefficient (Wildman–Crippen LogP) is 1.48. The van der Waals surface area contributed by atoms with E-state index in [2.05, 4.69) is 36.1 Å². The van der Waals surface area contributed by atoms with Crippen LogP contribution in [0.3, 0.4) is 0 Å². The fourth-order valence-electron chi connectivity index (χ4n) is 2.67. The summed E-state index contributed by atoms with van der Waals surface area (Å²) in [5.41, 5.74) is 0.958. The highest BCUT2D eigenvalue weighted by atomic mass is 16.1. The molecule has 1 atom stereocenters. The molecular formula is C15H26N4O. The highest BCUT2D eigenvalue weighted by Gasteiger charge is 2.17. The Morgan fingerprint density at radius 3 is 2.75 bits per heavy atom. The van der Waals surface area contributed by atoms with Gasteiger partial charge in [-0.3, -0.25) is 4.79 Å². The number of aromatic nitrogens is 2. The molecule has 2 rings (SSSR count). The van der Waals surface area contributed by atoms with Crippen LogP contribution >= 0.6 is 0 Å². The van der Waals surface area contributed by atoms with Crippen molar-refractivity contribution in [1.82, 2.24) is 15.1 Å². The zero-order valence-corrected chi connectivity index (χ0v) is 12.8. The maximum atomic E-state index is 12.1. The number of piperidine rings is 1. The largest absolute Gasteiger partial charge is 0.370 e. The predicted molar refractivity (Wildman–Crippen MR) is 82.2 cm³/mol. The van der Waals surface area contributed by atoms with Gasteiger partial charge in [0.25, 0.3) is 5.56 Å². The van der Waals surface area contributed by atoms with Crippen molar-refractivity contribution in [3.05, 3.63) is 22.6 Å². The molecule has 20 heavy (non-hydrogen) atoms. The van der Waals surface area contributed by atoms with E-state index < -0.39 is 0 Å². The SMILES string of the molecule is CCNC(C)Cn1ncc(N2CCC(C)CC2)cc1=O. The van der Waals surface area contributed by atoms with Crippen LogP contribution in [0.15, 0.2) is 17.1 Å². The van der Waals surface area contributed by atoms with Gasteiger partial charge in [0.2, 0.25) is 0 Å². The molecule has 112 valence electrons. The smallest absolute Gasteiger partial charge is 0.268 e. The van der Waals surface area contributed by atoms with Crippen molar-refractivity contribution in [2.24, 2.45) is 5.92 Å². The van der Waals surface area contributed by atoms with Crippen molar-refractivity contribution in [3.63, 3.8) is 0 Å². The van der Waals surface area contributed by atoms with Gasteiger partial charge in [0.15, 0.2) is 0 Å². The minimum Gasteiger partial charge on any atom is -0.370 e. The van der Waals surface area contributed by atoms with Gasteiger partial charge in [0.1, 0.15) is 0 Å². The van der Waals surface area contributed by atoms with Crippen LogP contribution in [0.4, 0.5) is 5.69 Å². The van der Waals surface area contributed by atoms with Crippen molar-refractivity contribution in [2.75, 3.05) is 24.5 Å². The molecule has 5 heteroatoms. The summed E-state index contributed by atoms with van der Waals surface area (Å²) < 4.78 is 1.55. The third-order valence-electron chi connectivity index (χ3n) is 4.00. The highest BCUT2D eigenvalue weighted by molar-refractivity contribution is 5.43. The maximum absolute atomic E-state index is 12.1. The molecular weight excluding hydrogens is 252 g/mol. The van der Waals surface area contributed by atoms with Crippen LogP contribution in [0.5, 0.6) is 0 Å². The van der Waals surface area contributed by atoms with Crippen LogP contribution in [-0.2, 0) is 6.54 Å². The minimum atomic E-state index is -0.00845. The van der Waals surface area contributed by atoms with E-state index in [0.29, 0.717) is 6.54 Å². The second-order valence-electron chi connectivity index (χ2n) is 5.86. The molecule has 1 aliphatic rings. The molecule has 1 fully saturated rings. The first-order valence-corrected chi connectivity index (χ1v) is 7.65. The molecule has 0 saturated carbocycles. The summed E-state index contributed by atoms with van der Waals surface area (Å²) in [7, 11) is 0. The van der Waals surface area contributed by atoms with E-state index in [1.165, 1.54) is 12.8 Å². The van der Waals surface area contributed by atoms with E-state index in [-0.39, 0.29) is 11.6 Å². The Morgan fingerprint density at radius 2 is 2.15 bits per heavy atom. The molecule has 5 nitrogen and oxygen atoms in total. The molecule has 1 aromatic heterocycles. The molecule has 0 aromatic carbocycles. The summed E-state index contributed by atoms with van der Waals surface area (Å²) in [6.45, 7) is 9.99. The number of likely N-dealkylation sites (N-methyl/N-ethyl adjacent to an activating group) is 1. The van der Waals surface area contributed by atoms with E-state index in [9.17, 15) is 4.79 Å². The molecule has 1 unspecified atom stereocenters. The molecule has 0 amide bonds. The summed E-state index contributed by atoms with van der Waals surface area (Å²) in [5, 5.41) is 7.61. The van der Waals surface area contributed by atoms with E-state index in [4.69, 9.17) is 0 Å². The first-order valence-electron chi connectivity index (χ1n) is 7.65. The highest BCUT2D eigenvalue weighted by Crippen LogP contribution is 2.20. The van der Waals surface area contributed by atoms with Gasteiger partial charge >= 0.3 is 0 Å². The number of anilines is 1. The molecule has 0 radical (unpaired) electrons. The molecule has 1 saturated heterocycles. The number of hydrogen-bond donors (Lipinski definition) is 1. The number of rotatable bonds is 5. The molecule has 1 aliphatic heterocycles. The molecule has 2 heterocycles. The number of nitrogens with one attached hydrogen (secondary N) is 1. The normalized spacial score (nSPS) is 18.2.